The average Bonchev–Trinajstić information content (AvgIpc) is 1.17. The number of rotatable bonds is 3. The zero-order valence-corrected chi connectivity index (χ0v) is 51.3. The van der Waals surface area contributed by atoms with E-state index in [4.69, 9.17) is 0 Å². The Morgan fingerprint density at radius 2 is 1.07 bits per heavy atom. The predicted molar refractivity (Wildman–Crippen MR) is 353 cm³/mol. The van der Waals surface area contributed by atoms with E-state index in [0.717, 1.165) is 20.1 Å². The fraction of sp³-hybridized carbons (Fsp3) is 0.377. The highest BCUT2D eigenvalue weighted by atomic mass is 15.3. The summed E-state index contributed by atoms with van der Waals surface area (Å²) in [5, 5.41) is 0. The minimum absolute atomic E-state index is 0.0139. The summed E-state index contributed by atoms with van der Waals surface area (Å²) in [6.45, 7) is 32.5. The van der Waals surface area contributed by atoms with Gasteiger partial charge in [-0.1, -0.05) is 198 Å². The quantitative estimate of drug-likeness (QED) is 0.163. The molecule has 0 bridgehead atoms. The molecule has 0 saturated heterocycles. The molecule has 410 valence electrons. The maximum Gasteiger partial charge on any atom is 0.252 e. The van der Waals surface area contributed by atoms with Crippen LogP contribution in [0.15, 0.2) is 140 Å². The number of fused-ring (bicyclic) bond motifs is 16. The molecule has 82 heavy (non-hydrogen) atoms. The zero-order valence-electron chi connectivity index (χ0n) is 51.3. The third kappa shape index (κ3) is 6.75. The van der Waals surface area contributed by atoms with Crippen molar-refractivity contribution < 1.29 is 0 Å². The number of nitrogens with zero attached hydrogens (tertiary/aromatic N) is 3. The van der Waals surface area contributed by atoms with Crippen molar-refractivity contribution in [1.29, 1.82) is 0 Å². The molecular formula is C77H81B2N3. The Hall–Kier alpha value is -6.71. The molecule has 8 aliphatic rings. The van der Waals surface area contributed by atoms with Crippen molar-refractivity contribution in [3.8, 4) is 22.3 Å². The Morgan fingerprint density at radius 3 is 1.82 bits per heavy atom. The maximum atomic E-state index is 2.89. The van der Waals surface area contributed by atoms with Gasteiger partial charge in [0.05, 0.1) is 11.2 Å². The second-order valence-corrected chi connectivity index (χ2v) is 30.9. The number of benzene rings is 8. The fourth-order valence-electron chi connectivity index (χ4n) is 18.1. The Morgan fingerprint density at radius 1 is 0.439 bits per heavy atom. The molecule has 4 aliphatic carbocycles. The highest BCUT2D eigenvalue weighted by Gasteiger charge is 2.59. The molecular weight excluding hydrogens is 988 g/mol. The molecule has 0 aromatic heterocycles. The zero-order chi connectivity index (χ0) is 56.6. The molecule has 0 spiro atoms. The SMILES string of the molecule is CC(C)(C)c1ccc2c(c1)C1(C)CCCCC1(C)N2c1cc2c3c(c1)N(c1cccc4c1-c1ccccc1B4)c1ccc4c(c1B3c1cc3c(cc1N2c1ccc2c(c1)C(C)(C)CCC2(C)C)C(C)(C)CCC3(C)C)Cc1ccccc1-4. The first-order chi connectivity index (χ1) is 39.0. The van der Waals surface area contributed by atoms with Crippen LogP contribution in [0.1, 0.15) is 186 Å². The minimum atomic E-state index is -0.158. The molecule has 8 aromatic carbocycles. The molecule has 8 aromatic rings. The first-order valence-electron chi connectivity index (χ1n) is 31.5. The van der Waals surface area contributed by atoms with Crippen molar-refractivity contribution in [2.45, 2.75) is 186 Å². The normalized spacial score (nSPS) is 22.7. The van der Waals surface area contributed by atoms with Crippen molar-refractivity contribution in [1.82, 2.24) is 0 Å². The maximum absolute atomic E-state index is 2.89. The van der Waals surface area contributed by atoms with Gasteiger partial charge >= 0.3 is 0 Å². The fourth-order valence-corrected chi connectivity index (χ4v) is 18.1. The van der Waals surface area contributed by atoms with Gasteiger partial charge in [-0.3, -0.25) is 0 Å². The summed E-state index contributed by atoms with van der Waals surface area (Å²) < 4.78 is 0. The first kappa shape index (κ1) is 51.0. The van der Waals surface area contributed by atoms with Crippen molar-refractivity contribution >= 4 is 86.8 Å². The van der Waals surface area contributed by atoms with E-state index in [1.807, 2.05) is 0 Å². The highest BCUT2D eigenvalue weighted by Crippen LogP contribution is 2.63. The largest absolute Gasteiger partial charge is 0.334 e. The Bertz CT molecular complexity index is 4130. The van der Waals surface area contributed by atoms with Gasteiger partial charge in [-0.25, -0.2) is 0 Å². The standard InChI is InChI=1S/C77H81B2N3/c1-71(2,3)47-27-31-62-58(40-47)76(12)33-18-19-34-77(76,13)82(62)49-42-66-70-67(43-49)81(63-26-20-25-60-68(63)52-23-16-17-24-59(52)78-60)64-32-29-51-50-22-15-14-21-46(50)39-53(51)69(64)79(70)61-44-56-57(75(10,11)38-37-74(56,8)9)45-65(61)80(66)48-28-30-54-55(41-48)73(6,7)36-35-72(54,4)5/h14-17,20-32,40-45,78H,18-19,33-39H2,1-13H3. The molecule has 5 heteroatoms. The molecule has 2 unspecified atom stereocenters. The van der Waals surface area contributed by atoms with Gasteiger partial charge in [0.15, 0.2) is 7.28 Å². The average molecular weight is 1070 g/mol. The lowest BCUT2D eigenvalue weighted by Crippen LogP contribution is -2.63. The molecule has 1 saturated carbocycles. The second kappa shape index (κ2) is 16.5. The molecule has 4 aliphatic heterocycles. The first-order valence-corrected chi connectivity index (χ1v) is 31.5. The van der Waals surface area contributed by atoms with E-state index in [2.05, 4.69) is 244 Å². The van der Waals surface area contributed by atoms with Gasteiger partial charge in [-0.2, -0.15) is 0 Å². The monoisotopic (exact) mass is 1070 g/mol. The third-order valence-corrected chi connectivity index (χ3v) is 23.3. The van der Waals surface area contributed by atoms with E-state index in [0.29, 0.717) is 0 Å². The molecule has 3 nitrogen and oxygen atoms in total. The van der Waals surface area contributed by atoms with Crippen molar-refractivity contribution in [3.63, 3.8) is 0 Å². The lowest BCUT2D eigenvalue weighted by Gasteiger charge is -2.51. The Kier molecular flexibility index (Phi) is 10.3. The van der Waals surface area contributed by atoms with Gasteiger partial charge in [0.25, 0.3) is 6.71 Å². The third-order valence-electron chi connectivity index (χ3n) is 23.3. The summed E-state index contributed by atoms with van der Waals surface area (Å²) in [6, 6.07) is 57.1. The summed E-state index contributed by atoms with van der Waals surface area (Å²) in [4.78, 5) is 8.51. The van der Waals surface area contributed by atoms with Crippen molar-refractivity contribution in [3.05, 3.63) is 184 Å². The number of hydrogen-bond donors (Lipinski definition) is 0. The van der Waals surface area contributed by atoms with Crippen LogP contribution < -0.4 is 42.0 Å². The molecule has 0 radical (unpaired) electrons. The summed E-state index contributed by atoms with van der Waals surface area (Å²) >= 11 is 0. The van der Waals surface area contributed by atoms with Crippen molar-refractivity contribution in [2.24, 2.45) is 0 Å². The van der Waals surface area contributed by atoms with Gasteiger partial charge in [-0.15, -0.1) is 0 Å². The molecule has 4 heterocycles. The van der Waals surface area contributed by atoms with Gasteiger partial charge < -0.3 is 14.7 Å². The van der Waals surface area contributed by atoms with E-state index >= 15 is 0 Å². The summed E-state index contributed by atoms with van der Waals surface area (Å²) in [7, 11) is 0.947. The van der Waals surface area contributed by atoms with Crippen LogP contribution in [0, 0.1) is 0 Å². The van der Waals surface area contributed by atoms with Gasteiger partial charge in [-0.05, 0) is 211 Å². The summed E-state index contributed by atoms with van der Waals surface area (Å²) in [5.41, 5.74) is 35.2. The van der Waals surface area contributed by atoms with Crippen LogP contribution in [0.3, 0.4) is 0 Å². The summed E-state index contributed by atoms with van der Waals surface area (Å²) in [6.07, 6.45) is 10.4. The van der Waals surface area contributed by atoms with E-state index in [-0.39, 0.29) is 44.7 Å². The second-order valence-electron chi connectivity index (χ2n) is 30.9. The number of anilines is 8. The van der Waals surface area contributed by atoms with E-state index < -0.39 is 0 Å². The summed E-state index contributed by atoms with van der Waals surface area (Å²) in [5.74, 6) is 0. The van der Waals surface area contributed by atoms with Crippen LogP contribution in [0.2, 0.25) is 0 Å². The topological polar surface area (TPSA) is 9.72 Å². The van der Waals surface area contributed by atoms with E-state index in [1.165, 1.54) is 185 Å². The van der Waals surface area contributed by atoms with E-state index in [9.17, 15) is 0 Å². The molecule has 0 N–H and O–H groups in total. The van der Waals surface area contributed by atoms with Gasteiger partial charge in [0.1, 0.15) is 0 Å². The predicted octanol–water partition coefficient (Wildman–Crippen LogP) is 16.4. The van der Waals surface area contributed by atoms with Crippen LogP contribution in [-0.2, 0) is 38.9 Å². The Labute approximate surface area is 490 Å². The van der Waals surface area contributed by atoms with Gasteiger partial charge in [0, 0.05) is 45.2 Å². The van der Waals surface area contributed by atoms with Gasteiger partial charge in [0.2, 0.25) is 0 Å². The molecule has 1 fully saturated rings. The van der Waals surface area contributed by atoms with E-state index in [1.54, 1.807) is 0 Å². The van der Waals surface area contributed by atoms with Crippen LogP contribution in [0.5, 0.6) is 0 Å². The molecule has 16 rings (SSSR count). The molecule has 0 amide bonds. The van der Waals surface area contributed by atoms with Crippen molar-refractivity contribution in [2.75, 3.05) is 14.7 Å². The smallest absolute Gasteiger partial charge is 0.252 e. The van der Waals surface area contributed by atoms with Crippen LogP contribution >= 0.6 is 0 Å². The lowest BCUT2D eigenvalue weighted by molar-refractivity contribution is 0.195. The van der Waals surface area contributed by atoms with Crippen LogP contribution in [0.25, 0.3) is 22.3 Å². The Balaban J connectivity index is 1.07. The molecule has 2 atom stereocenters. The number of hydrogen-bond acceptors (Lipinski definition) is 3. The van der Waals surface area contributed by atoms with Crippen LogP contribution in [0.4, 0.5) is 45.5 Å². The van der Waals surface area contributed by atoms with Crippen LogP contribution in [-0.4, -0.2) is 19.5 Å². The highest BCUT2D eigenvalue weighted by molar-refractivity contribution is 7.00. The minimum Gasteiger partial charge on any atom is -0.334 e. The lowest BCUT2D eigenvalue weighted by atomic mass is 9.32.